The van der Waals surface area contributed by atoms with Gasteiger partial charge in [-0.3, -0.25) is 0 Å². The summed E-state index contributed by atoms with van der Waals surface area (Å²) in [6, 6.07) is 5.75. The molecule has 0 bridgehead atoms. The van der Waals surface area contributed by atoms with Crippen LogP contribution in [-0.2, 0) is 6.42 Å². The van der Waals surface area contributed by atoms with E-state index in [1.807, 2.05) is 25.1 Å². The number of hydrogen-bond acceptors (Lipinski definition) is 2. The number of aryl methyl sites for hydroxylation is 1. The lowest BCUT2D eigenvalue weighted by molar-refractivity contribution is 0.465. The van der Waals surface area contributed by atoms with Crippen molar-refractivity contribution in [3.8, 4) is 0 Å². The van der Waals surface area contributed by atoms with Crippen LogP contribution in [0.1, 0.15) is 31.4 Å². The number of aliphatic imine (C=N–C) groups is 1. The summed E-state index contributed by atoms with van der Waals surface area (Å²) in [5.74, 6) is 0. The highest BCUT2D eigenvalue weighted by Crippen LogP contribution is 2.20. The van der Waals surface area contributed by atoms with Crippen LogP contribution in [0.4, 0.5) is 4.39 Å². The molecule has 1 aromatic carbocycles. The maximum Gasteiger partial charge on any atom is 0.159 e. The van der Waals surface area contributed by atoms with Crippen molar-refractivity contribution < 1.29 is 4.39 Å². The van der Waals surface area contributed by atoms with Crippen LogP contribution in [0.15, 0.2) is 53.5 Å². The Morgan fingerprint density at radius 2 is 2.29 bits per heavy atom. The van der Waals surface area contributed by atoms with Crippen LogP contribution in [-0.4, -0.2) is 12.5 Å². The Morgan fingerprint density at radius 3 is 2.90 bits per heavy atom. The number of rotatable bonds is 7. The number of alkyl halides is 1. The van der Waals surface area contributed by atoms with Crippen LogP contribution in [0.25, 0.3) is 0 Å². The first-order chi connectivity index (χ1) is 10.1. The highest BCUT2D eigenvalue weighted by molar-refractivity contribution is 6.31. The second-order valence-electron chi connectivity index (χ2n) is 4.48. The molecule has 0 radical (unpaired) electrons. The van der Waals surface area contributed by atoms with Crippen molar-refractivity contribution in [1.82, 2.24) is 5.32 Å². The zero-order valence-corrected chi connectivity index (χ0v) is 13.2. The first-order valence-electron chi connectivity index (χ1n) is 6.82. The summed E-state index contributed by atoms with van der Waals surface area (Å²) in [7, 11) is 0. The van der Waals surface area contributed by atoms with Crippen LogP contribution in [0.2, 0.25) is 5.02 Å². The van der Waals surface area contributed by atoms with Gasteiger partial charge < -0.3 is 5.32 Å². The van der Waals surface area contributed by atoms with Gasteiger partial charge in [0.25, 0.3) is 0 Å². The minimum atomic E-state index is -0.628. The Bertz CT molecular complexity index is 584. The van der Waals surface area contributed by atoms with Gasteiger partial charge in [-0.25, -0.2) is 9.38 Å². The highest BCUT2D eigenvalue weighted by Gasteiger charge is 2.08. The Kier molecular flexibility index (Phi) is 7.52. The summed E-state index contributed by atoms with van der Waals surface area (Å²) in [5.41, 5.74) is 6.20. The highest BCUT2D eigenvalue weighted by atomic mass is 35.5. The summed E-state index contributed by atoms with van der Waals surface area (Å²) in [4.78, 5) is 4.47. The average Bonchev–Trinajstić information content (AvgIpc) is 2.48. The largest absolute Gasteiger partial charge is 0.365 e. The van der Waals surface area contributed by atoms with Gasteiger partial charge in [0.15, 0.2) is 6.80 Å². The SMILES string of the molecule is C=C=C(C)/N=C(\C=C/NCF)c1cc(Cl)ccc1CCC. The molecule has 21 heavy (non-hydrogen) atoms. The van der Waals surface area contributed by atoms with Gasteiger partial charge in [0.2, 0.25) is 0 Å². The van der Waals surface area contributed by atoms with E-state index in [1.165, 1.54) is 6.20 Å². The second-order valence-corrected chi connectivity index (χ2v) is 4.92. The van der Waals surface area contributed by atoms with Gasteiger partial charge in [0, 0.05) is 16.8 Å². The number of allylic oxidation sites excluding steroid dienone is 2. The molecule has 1 N–H and O–H groups in total. The van der Waals surface area contributed by atoms with E-state index in [0.29, 0.717) is 16.4 Å². The molecule has 112 valence electrons. The fourth-order valence-electron chi connectivity index (χ4n) is 1.86. The van der Waals surface area contributed by atoms with Gasteiger partial charge in [-0.15, -0.1) is 5.73 Å². The number of halogens is 2. The molecule has 0 aliphatic rings. The molecule has 0 unspecified atom stereocenters. The fourth-order valence-corrected chi connectivity index (χ4v) is 2.04. The summed E-state index contributed by atoms with van der Waals surface area (Å²) < 4.78 is 12.2. The lowest BCUT2D eigenvalue weighted by Gasteiger charge is -2.10. The molecule has 1 aromatic rings. The molecule has 0 spiro atoms. The van der Waals surface area contributed by atoms with Crippen LogP contribution >= 0.6 is 11.6 Å². The molecule has 0 saturated carbocycles. The van der Waals surface area contributed by atoms with E-state index in [0.717, 1.165) is 24.0 Å². The fraction of sp³-hybridized carbons (Fsp3) is 0.294. The summed E-state index contributed by atoms with van der Waals surface area (Å²) in [5, 5.41) is 3.14. The van der Waals surface area contributed by atoms with Gasteiger partial charge >= 0.3 is 0 Å². The van der Waals surface area contributed by atoms with Crippen molar-refractivity contribution in [2.45, 2.75) is 26.7 Å². The Balaban J connectivity index is 3.34. The maximum atomic E-state index is 12.2. The van der Waals surface area contributed by atoms with Gasteiger partial charge in [0.05, 0.1) is 11.4 Å². The van der Waals surface area contributed by atoms with E-state index >= 15 is 0 Å². The second kappa shape index (κ2) is 9.17. The monoisotopic (exact) mass is 306 g/mol. The third-order valence-electron chi connectivity index (χ3n) is 2.85. The minimum Gasteiger partial charge on any atom is -0.365 e. The van der Waals surface area contributed by atoms with Crippen LogP contribution in [0.3, 0.4) is 0 Å². The van der Waals surface area contributed by atoms with Crippen LogP contribution in [0, 0.1) is 0 Å². The van der Waals surface area contributed by atoms with E-state index < -0.39 is 6.80 Å². The van der Waals surface area contributed by atoms with Crippen molar-refractivity contribution in [2.24, 2.45) is 4.99 Å². The van der Waals surface area contributed by atoms with Crippen LogP contribution < -0.4 is 5.32 Å². The van der Waals surface area contributed by atoms with Gasteiger partial charge in [-0.1, -0.05) is 37.6 Å². The zero-order valence-electron chi connectivity index (χ0n) is 12.4. The predicted molar refractivity (Wildman–Crippen MR) is 88.6 cm³/mol. The normalized spacial score (nSPS) is 11.5. The van der Waals surface area contributed by atoms with E-state index in [4.69, 9.17) is 11.6 Å². The molecule has 0 aliphatic heterocycles. The summed E-state index contributed by atoms with van der Waals surface area (Å²) in [6.45, 7) is 6.89. The number of hydrogen-bond donors (Lipinski definition) is 1. The molecule has 0 aromatic heterocycles. The Morgan fingerprint density at radius 1 is 1.52 bits per heavy atom. The van der Waals surface area contributed by atoms with Crippen LogP contribution in [0.5, 0.6) is 0 Å². The van der Waals surface area contributed by atoms with E-state index in [-0.39, 0.29) is 0 Å². The molecule has 0 amide bonds. The third-order valence-corrected chi connectivity index (χ3v) is 3.08. The third kappa shape index (κ3) is 5.58. The number of nitrogens with zero attached hydrogens (tertiary/aromatic N) is 1. The molecule has 0 aliphatic carbocycles. The van der Waals surface area contributed by atoms with Crippen molar-refractivity contribution >= 4 is 17.3 Å². The van der Waals surface area contributed by atoms with Gasteiger partial charge in [-0.2, -0.15) is 0 Å². The number of benzene rings is 1. The van der Waals surface area contributed by atoms with E-state index in [2.05, 4.69) is 29.5 Å². The first-order valence-corrected chi connectivity index (χ1v) is 7.20. The molecule has 0 fully saturated rings. The maximum absolute atomic E-state index is 12.2. The average molecular weight is 307 g/mol. The quantitative estimate of drug-likeness (QED) is 0.437. The van der Waals surface area contributed by atoms with Crippen molar-refractivity contribution in [3.63, 3.8) is 0 Å². The van der Waals surface area contributed by atoms with E-state index in [1.54, 1.807) is 6.08 Å². The standard InChI is InChI=1S/C17H20ClFN2/c1-4-6-14-7-8-15(18)11-16(14)17(9-10-20-12-19)21-13(3)5-2/h7-11,20H,2,4,6,12H2,1,3H3/b10-9-,21-17+. The van der Waals surface area contributed by atoms with Gasteiger partial charge in [-0.05, 0) is 37.1 Å². The van der Waals surface area contributed by atoms with Crippen molar-refractivity contribution in [3.05, 3.63) is 64.6 Å². The topological polar surface area (TPSA) is 24.4 Å². The lowest BCUT2D eigenvalue weighted by Crippen LogP contribution is -2.07. The van der Waals surface area contributed by atoms with Gasteiger partial charge in [0.1, 0.15) is 0 Å². The first kappa shape index (κ1) is 17.2. The number of nitrogens with one attached hydrogen (secondary N) is 1. The molecule has 1 rings (SSSR count). The molecular formula is C17H20ClFN2. The Hall–Kier alpha value is -1.83. The smallest absolute Gasteiger partial charge is 0.159 e. The molecule has 4 heteroatoms. The molecular weight excluding hydrogens is 287 g/mol. The Labute approximate surface area is 130 Å². The van der Waals surface area contributed by atoms with Crippen molar-refractivity contribution in [1.29, 1.82) is 0 Å². The molecule has 0 atom stereocenters. The van der Waals surface area contributed by atoms with Crippen molar-refractivity contribution in [2.75, 3.05) is 6.80 Å². The molecule has 0 saturated heterocycles. The molecule has 2 nitrogen and oxygen atoms in total. The van der Waals surface area contributed by atoms with E-state index in [9.17, 15) is 4.39 Å². The minimum absolute atomic E-state index is 0.628. The lowest BCUT2D eigenvalue weighted by atomic mass is 9.99. The summed E-state index contributed by atoms with van der Waals surface area (Å²) in [6.07, 6.45) is 5.20. The predicted octanol–water partition coefficient (Wildman–Crippen LogP) is 4.80. The molecule has 0 heterocycles. The summed E-state index contributed by atoms with van der Waals surface area (Å²) >= 11 is 6.10. The zero-order chi connectivity index (χ0) is 15.7.